The molecule has 1 saturated carbocycles. The van der Waals surface area contributed by atoms with Gasteiger partial charge < -0.3 is 10.1 Å². The zero-order valence-corrected chi connectivity index (χ0v) is 12.7. The van der Waals surface area contributed by atoms with E-state index in [9.17, 15) is 0 Å². The molecule has 1 aliphatic carbocycles. The van der Waals surface area contributed by atoms with Crippen molar-refractivity contribution in [3.05, 3.63) is 0 Å². The average molecular weight is 255 g/mol. The van der Waals surface area contributed by atoms with Gasteiger partial charge in [0, 0.05) is 13.2 Å². The quantitative estimate of drug-likeness (QED) is 0.632. The molecule has 2 heteroatoms. The minimum Gasteiger partial charge on any atom is -0.380 e. The number of hydrogen-bond donors (Lipinski definition) is 1. The van der Waals surface area contributed by atoms with E-state index in [2.05, 4.69) is 26.1 Å². The standard InChI is InChI=1S/C16H33NO/c1-4-15-5-7-16(8-6-15)13-17-10-12-18-11-9-14(2)3/h14-17H,4-13H2,1-3H3. The maximum Gasteiger partial charge on any atom is 0.0590 e. The van der Waals surface area contributed by atoms with Gasteiger partial charge in [0.25, 0.3) is 0 Å². The molecule has 0 aromatic carbocycles. The van der Waals surface area contributed by atoms with Gasteiger partial charge in [-0.15, -0.1) is 0 Å². The Kier molecular flexibility index (Phi) is 8.70. The van der Waals surface area contributed by atoms with Crippen LogP contribution in [0.5, 0.6) is 0 Å². The SMILES string of the molecule is CCC1CCC(CNCCOCCC(C)C)CC1. The average Bonchev–Trinajstić information content (AvgIpc) is 2.38. The van der Waals surface area contributed by atoms with Crippen molar-refractivity contribution in [2.75, 3.05) is 26.3 Å². The van der Waals surface area contributed by atoms with Crippen molar-refractivity contribution in [3.63, 3.8) is 0 Å². The first kappa shape index (κ1) is 16.0. The van der Waals surface area contributed by atoms with E-state index in [0.29, 0.717) is 0 Å². The van der Waals surface area contributed by atoms with Gasteiger partial charge in [-0.25, -0.2) is 0 Å². The molecule has 0 atom stereocenters. The molecule has 0 radical (unpaired) electrons. The molecule has 1 N–H and O–H groups in total. The summed E-state index contributed by atoms with van der Waals surface area (Å²) in [6.07, 6.45) is 8.33. The molecule has 18 heavy (non-hydrogen) atoms. The van der Waals surface area contributed by atoms with E-state index in [4.69, 9.17) is 4.74 Å². The van der Waals surface area contributed by atoms with Gasteiger partial charge in [0.05, 0.1) is 6.61 Å². The monoisotopic (exact) mass is 255 g/mol. The van der Waals surface area contributed by atoms with Crippen molar-refractivity contribution in [2.24, 2.45) is 17.8 Å². The molecular formula is C16H33NO. The van der Waals surface area contributed by atoms with Gasteiger partial charge in [-0.2, -0.15) is 0 Å². The molecule has 108 valence electrons. The van der Waals surface area contributed by atoms with Gasteiger partial charge >= 0.3 is 0 Å². The Hall–Kier alpha value is -0.0800. The molecule has 1 fully saturated rings. The Morgan fingerprint density at radius 1 is 1.06 bits per heavy atom. The number of ether oxygens (including phenoxy) is 1. The predicted octanol–water partition coefficient (Wildman–Crippen LogP) is 3.86. The van der Waals surface area contributed by atoms with E-state index in [1.807, 2.05) is 0 Å². The molecule has 2 nitrogen and oxygen atoms in total. The lowest BCUT2D eigenvalue weighted by Gasteiger charge is -2.27. The summed E-state index contributed by atoms with van der Waals surface area (Å²) in [5.41, 5.74) is 0. The van der Waals surface area contributed by atoms with Gasteiger partial charge in [-0.05, 0) is 43.6 Å². The first-order valence-electron chi connectivity index (χ1n) is 8.00. The van der Waals surface area contributed by atoms with Crippen LogP contribution in [0.1, 0.15) is 59.3 Å². The van der Waals surface area contributed by atoms with Crippen LogP contribution in [-0.4, -0.2) is 26.3 Å². The van der Waals surface area contributed by atoms with Crippen LogP contribution in [0.25, 0.3) is 0 Å². The first-order valence-corrected chi connectivity index (χ1v) is 8.00. The Morgan fingerprint density at radius 3 is 2.33 bits per heavy atom. The lowest BCUT2D eigenvalue weighted by molar-refractivity contribution is 0.123. The Labute approximate surface area is 114 Å². The molecule has 0 bridgehead atoms. The second-order valence-electron chi connectivity index (χ2n) is 6.29. The van der Waals surface area contributed by atoms with E-state index in [-0.39, 0.29) is 0 Å². The molecule has 0 aliphatic heterocycles. The minimum absolute atomic E-state index is 0.756. The number of hydrogen-bond acceptors (Lipinski definition) is 2. The van der Waals surface area contributed by atoms with Crippen LogP contribution < -0.4 is 5.32 Å². The highest BCUT2D eigenvalue weighted by Crippen LogP contribution is 2.29. The fraction of sp³-hybridized carbons (Fsp3) is 1.00. The molecule has 0 spiro atoms. The largest absolute Gasteiger partial charge is 0.380 e. The number of nitrogens with one attached hydrogen (secondary N) is 1. The molecule has 1 aliphatic rings. The van der Waals surface area contributed by atoms with Crippen LogP contribution in [0.3, 0.4) is 0 Å². The summed E-state index contributed by atoms with van der Waals surface area (Å²) in [4.78, 5) is 0. The Balaban J connectivity index is 1.86. The summed E-state index contributed by atoms with van der Waals surface area (Å²) >= 11 is 0. The van der Waals surface area contributed by atoms with Gasteiger partial charge in [0.2, 0.25) is 0 Å². The third-order valence-electron chi connectivity index (χ3n) is 4.24. The van der Waals surface area contributed by atoms with E-state index < -0.39 is 0 Å². The lowest BCUT2D eigenvalue weighted by atomic mass is 9.81. The molecule has 0 saturated heterocycles. The molecule has 0 amide bonds. The van der Waals surface area contributed by atoms with Crippen molar-refractivity contribution in [2.45, 2.75) is 59.3 Å². The highest BCUT2D eigenvalue weighted by atomic mass is 16.5. The Bertz CT molecular complexity index is 186. The molecule has 0 heterocycles. The van der Waals surface area contributed by atoms with Gasteiger partial charge in [-0.3, -0.25) is 0 Å². The van der Waals surface area contributed by atoms with Crippen LogP contribution in [-0.2, 0) is 4.74 Å². The fourth-order valence-corrected chi connectivity index (χ4v) is 2.72. The highest BCUT2D eigenvalue weighted by Gasteiger charge is 2.19. The topological polar surface area (TPSA) is 21.3 Å². The minimum atomic E-state index is 0.756. The van der Waals surface area contributed by atoms with Gasteiger partial charge in [-0.1, -0.05) is 40.0 Å². The third kappa shape index (κ3) is 7.38. The van der Waals surface area contributed by atoms with E-state index in [1.54, 1.807) is 0 Å². The van der Waals surface area contributed by atoms with Crippen molar-refractivity contribution >= 4 is 0 Å². The zero-order valence-electron chi connectivity index (χ0n) is 12.7. The van der Waals surface area contributed by atoms with Crippen LogP contribution in [0.15, 0.2) is 0 Å². The highest BCUT2D eigenvalue weighted by molar-refractivity contribution is 4.73. The van der Waals surface area contributed by atoms with Crippen molar-refractivity contribution in [1.82, 2.24) is 5.32 Å². The van der Waals surface area contributed by atoms with Crippen LogP contribution in [0, 0.1) is 17.8 Å². The summed E-state index contributed by atoms with van der Waals surface area (Å²) in [6.45, 7) is 10.8. The zero-order chi connectivity index (χ0) is 13.2. The van der Waals surface area contributed by atoms with Gasteiger partial charge in [0.1, 0.15) is 0 Å². The third-order valence-corrected chi connectivity index (χ3v) is 4.24. The summed E-state index contributed by atoms with van der Waals surface area (Å²) in [5.74, 6) is 2.69. The fourth-order valence-electron chi connectivity index (χ4n) is 2.72. The van der Waals surface area contributed by atoms with E-state index >= 15 is 0 Å². The summed E-state index contributed by atoms with van der Waals surface area (Å²) < 4.78 is 5.61. The summed E-state index contributed by atoms with van der Waals surface area (Å²) in [7, 11) is 0. The van der Waals surface area contributed by atoms with Crippen LogP contribution in [0.2, 0.25) is 0 Å². The molecule has 0 aromatic rings. The second kappa shape index (κ2) is 9.80. The molecule has 0 aromatic heterocycles. The van der Waals surface area contributed by atoms with Crippen LogP contribution in [0.4, 0.5) is 0 Å². The van der Waals surface area contributed by atoms with Crippen molar-refractivity contribution in [1.29, 1.82) is 0 Å². The predicted molar refractivity (Wildman–Crippen MR) is 78.9 cm³/mol. The summed E-state index contributed by atoms with van der Waals surface area (Å²) in [6, 6.07) is 0. The van der Waals surface area contributed by atoms with E-state index in [0.717, 1.165) is 37.5 Å². The molecule has 0 unspecified atom stereocenters. The van der Waals surface area contributed by atoms with Gasteiger partial charge in [0.15, 0.2) is 0 Å². The normalized spacial score (nSPS) is 24.7. The Morgan fingerprint density at radius 2 is 1.72 bits per heavy atom. The maximum absolute atomic E-state index is 5.61. The first-order chi connectivity index (χ1) is 8.72. The molecule has 1 rings (SSSR count). The number of rotatable bonds is 9. The summed E-state index contributed by atoms with van der Waals surface area (Å²) in [5, 5.41) is 3.55. The van der Waals surface area contributed by atoms with Crippen molar-refractivity contribution in [3.8, 4) is 0 Å². The smallest absolute Gasteiger partial charge is 0.0590 e. The van der Waals surface area contributed by atoms with E-state index in [1.165, 1.54) is 45.1 Å². The second-order valence-corrected chi connectivity index (χ2v) is 6.29. The molecular weight excluding hydrogens is 222 g/mol. The van der Waals surface area contributed by atoms with Crippen molar-refractivity contribution < 1.29 is 4.74 Å². The van der Waals surface area contributed by atoms with Crippen LogP contribution >= 0.6 is 0 Å². The maximum atomic E-state index is 5.61. The lowest BCUT2D eigenvalue weighted by Crippen LogP contribution is -2.29.